The van der Waals surface area contributed by atoms with E-state index < -0.39 is 99.8 Å². The molecule has 6 heterocycles. The molecule has 1 saturated carbocycles. The number of sulfone groups is 1. The molecule has 103 heavy (non-hydrogen) atoms. The molecule has 33 heteroatoms. The number of aliphatic hydroxyl groups excluding tert-OH is 1. The van der Waals surface area contributed by atoms with Crippen molar-refractivity contribution >= 4 is 121 Å². The molecule has 0 unspecified atom stereocenters. The summed E-state index contributed by atoms with van der Waals surface area (Å²) in [5.74, 6) is -2.86. The highest BCUT2D eigenvalue weighted by molar-refractivity contribution is 7.99. The van der Waals surface area contributed by atoms with Crippen LogP contribution >= 0.6 is 45.8 Å². The van der Waals surface area contributed by atoms with Crippen molar-refractivity contribution in [3.05, 3.63) is 154 Å². The Morgan fingerprint density at radius 3 is 2.29 bits per heavy atom. The third-order valence-corrected chi connectivity index (χ3v) is 25.3. The van der Waals surface area contributed by atoms with E-state index in [2.05, 4.69) is 46.0 Å². The zero-order chi connectivity index (χ0) is 73.2. The lowest BCUT2D eigenvalue weighted by molar-refractivity contribution is -0.145. The van der Waals surface area contributed by atoms with Gasteiger partial charge in [-0.2, -0.15) is 13.2 Å². The number of nitrogens with zero attached hydrogens (tertiary/aromatic N) is 7. The van der Waals surface area contributed by atoms with Gasteiger partial charge >= 0.3 is 5.51 Å². The van der Waals surface area contributed by atoms with Gasteiger partial charge in [0.05, 0.1) is 43.0 Å². The maximum Gasteiger partial charge on any atom is 0.501 e. The standard InChI is InChI=1S/C70H76F4N12O11S6/c1-42-59(100-41-76-42)44-17-18-45(36-75-63(90)55-34-47(87)37-86(55)64(91)60(68(2,3)4)80-65(92)69(71)23-24-69)56(33-44)97-32-31-84-29-27-83(28-30-84)25-22-46(39-98-48-12-6-5-7-13-48)77-53-20-19-49(35-58(53)102(93,94)70(72,73)74)103(95,96)82-62(89)54-40-99-67(79-54)85-26-21-43-11-10-14-50(51(43)38-85)61(88)81-66-78-52-15-8-9-16-57(52)101-66/h5-20,33,35,40-41,46-47,55,60,77,87H,21-32,34,36-39H2,1-4H3,(H,75,90)(H,80,92)(H,82,89)(H,78,81,88)/t46-,47-,55+,60-/m1/s1. The monoisotopic (exact) mass is 1530 g/mol. The van der Waals surface area contributed by atoms with Crippen molar-refractivity contribution in [2.75, 3.05) is 80.3 Å². The molecule has 4 atom stereocenters. The van der Waals surface area contributed by atoms with E-state index in [4.69, 9.17) is 4.74 Å². The SMILES string of the molecule is Cc1ncsc1-c1ccc(CNC(=O)[C@@H]2C[C@@H](O)CN2C(=O)[C@@H](NC(=O)C2(F)CC2)C(C)(C)C)c(OCCN2CCN(CC[C@H](CSc3ccccc3)Nc3ccc(S(=O)(=O)NC(=O)c4csc(N5CCc6cccc(C(=O)Nc7nc8ccccc8s7)c6C5)n4)cc3S(=O)(=O)C(F)(F)F)CC2)c1. The molecule has 23 nitrogen and oxygen atoms in total. The number of aromatic nitrogens is 3. The number of anilines is 3. The molecule has 1 aliphatic carbocycles. The number of piperazine rings is 1. The van der Waals surface area contributed by atoms with Gasteiger partial charge in [0.2, 0.25) is 11.8 Å². The molecule has 6 N–H and O–H groups in total. The Kier molecular flexibility index (Phi) is 22.4. The number of nitrogens with one attached hydrogen (secondary N) is 5. The number of fused-ring (bicyclic) bond motifs is 2. The molecule has 0 radical (unpaired) electrons. The van der Waals surface area contributed by atoms with Crippen molar-refractivity contribution in [1.29, 1.82) is 0 Å². The molecular formula is C70H76F4N12O11S6. The van der Waals surface area contributed by atoms with Gasteiger partial charge in [-0.05, 0) is 109 Å². The molecule has 546 valence electrons. The summed E-state index contributed by atoms with van der Waals surface area (Å²) < 4.78 is 123. The van der Waals surface area contributed by atoms with E-state index in [-0.39, 0.29) is 62.9 Å². The molecular weight excluding hydrogens is 1450 g/mol. The summed E-state index contributed by atoms with van der Waals surface area (Å²) in [7, 11) is -11.3. The Labute approximate surface area is 609 Å². The lowest BCUT2D eigenvalue weighted by Crippen LogP contribution is -2.59. The molecule has 12 rings (SSSR count). The van der Waals surface area contributed by atoms with Gasteiger partial charge in [-0.3, -0.25) is 34.2 Å². The van der Waals surface area contributed by atoms with E-state index in [1.165, 1.54) is 44.7 Å². The highest BCUT2D eigenvalue weighted by atomic mass is 32.2. The number of rotatable bonds is 26. The smallest absolute Gasteiger partial charge is 0.492 e. The quantitative estimate of drug-likeness (QED) is 0.0217. The molecule has 0 spiro atoms. The normalized spacial score (nSPS) is 17.8. The van der Waals surface area contributed by atoms with Gasteiger partial charge in [-0.1, -0.05) is 86.7 Å². The number of amides is 5. The number of sulfonamides is 1. The van der Waals surface area contributed by atoms with Crippen LogP contribution in [0.2, 0.25) is 0 Å². The number of thioether (sulfide) groups is 1. The molecule has 5 amide bonds. The van der Waals surface area contributed by atoms with Crippen molar-refractivity contribution < 1.29 is 68.2 Å². The molecule has 0 bridgehead atoms. The molecule has 3 fully saturated rings. The van der Waals surface area contributed by atoms with Gasteiger partial charge in [-0.15, -0.1) is 34.4 Å². The van der Waals surface area contributed by atoms with Gasteiger partial charge in [0.1, 0.15) is 35.0 Å². The first-order valence-corrected chi connectivity index (χ1v) is 39.8. The van der Waals surface area contributed by atoms with Crippen LogP contribution in [-0.4, -0.2) is 181 Å². The highest BCUT2D eigenvalue weighted by Gasteiger charge is 2.54. The fourth-order valence-corrected chi connectivity index (χ4v) is 18.0. The first kappa shape index (κ1) is 74.6. The van der Waals surface area contributed by atoms with Crippen LogP contribution < -0.4 is 35.6 Å². The van der Waals surface area contributed by atoms with Crippen LogP contribution in [0, 0.1) is 12.3 Å². The number of para-hydroxylation sites is 1. The van der Waals surface area contributed by atoms with Crippen molar-refractivity contribution in [1.82, 2.24) is 45.0 Å². The number of halogens is 4. The minimum absolute atomic E-state index is 0.00642. The predicted octanol–water partition coefficient (Wildman–Crippen LogP) is 9.68. The fraction of sp³-hybridized carbons (Fsp3) is 0.400. The number of hydrogen-bond acceptors (Lipinski definition) is 22. The van der Waals surface area contributed by atoms with E-state index >= 15 is 0 Å². The highest BCUT2D eigenvalue weighted by Crippen LogP contribution is 2.42. The van der Waals surface area contributed by atoms with Crippen LogP contribution in [0.5, 0.6) is 5.75 Å². The number of aryl methyl sites for hydroxylation is 1. The lowest BCUT2D eigenvalue weighted by Gasteiger charge is -2.35. The summed E-state index contributed by atoms with van der Waals surface area (Å²) in [6.07, 6.45) is -0.134. The Balaban J connectivity index is 0.675. The molecule has 2 saturated heterocycles. The number of alkyl halides is 4. The van der Waals surface area contributed by atoms with Crippen LogP contribution in [0.4, 0.5) is 33.5 Å². The summed E-state index contributed by atoms with van der Waals surface area (Å²) in [4.78, 5) is 88.7. The summed E-state index contributed by atoms with van der Waals surface area (Å²) in [5, 5.41) is 24.3. The molecule has 4 aliphatic rings. The second kappa shape index (κ2) is 30.9. The fourth-order valence-electron chi connectivity index (χ4n) is 12.5. The average molecular weight is 1530 g/mol. The maximum atomic E-state index is 14.8. The molecule has 3 aliphatic heterocycles. The third-order valence-electron chi connectivity index (χ3n) is 18.5. The Hall–Kier alpha value is -8.15. The largest absolute Gasteiger partial charge is 0.501 e. The van der Waals surface area contributed by atoms with Crippen LogP contribution in [0.15, 0.2) is 135 Å². The zero-order valence-corrected chi connectivity index (χ0v) is 61.4. The van der Waals surface area contributed by atoms with Gasteiger partial charge in [0.25, 0.3) is 37.6 Å². The summed E-state index contributed by atoms with van der Waals surface area (Å²) in [6.45, 7) is 11.1. The maximum absolute atomic E-state index is 14.8. The van der Waals surface area contributed by atoms with Crippen LogP contribution in [0.25, 0.3) is 20.7 Å². The zero-order valence-electron chi connectivity index (χ0n) is 56.5. The first-order valence-electron chi connectivity index (χ1n) is 33.3. The summed E-state index contributed by atoms with van der Waals surface area (Å²) >= 11 is 5.22. The van der Waals surface area contributed by atoms with Gasteiger partial charge in [-0.25, -0.2) is 40.9 Å². The van der Waals surface area contributed by atoms with Gasteiger partial charge in [0, 0.05) is 105 Å². The van der Waals surface area contributed by atoms with E-state index in [1.807, 2.05) is 95.4 Å². The minimum Gasteiger partial charge on any atom is -0.492 e. The predicted molar refractivity (Wildman–Crippen MR) is 388 cm³/mol. The number of likely N-dealkylation sites (tertiary alicyclic amines) is 1. The topological polar surface area (TPSA) is 295 Å². The van der Waals surface area contributed by atoms with E-state index in [0.717, 1.165) is 65.8 Å². The number of thiazole rings is 3. The van der Waals surface area contributed by atoms with Gasteiger partial charge < -0.3 is 40.5 Å². The number of ether oxygens (including phenoxy) is 1. The van der Waals surface area contributed by atoms with Crippen molar-refractivity contribution in [2.24, 2.45) is 5.41 Å². The van der Waals surface area contributed by atoms with Gasteiger partial charge in [0.15, 0.2) is 15.9 Å². The Bertz CT molecular complexity index is 4680. The lowest BCUT2D eigenvalue weighted by atomic mass is 9.85. The second-order valence-electron chi connectivity index (χ2n) is 26.8. The van der Waals surface area contributed by atoms with E-state index in [1.54, 1.807) is 38.4 Å². The number of carbonyl (C=O) groups is 5. The van der Waals surface area contributed by atoms with E-state index in [0.29, 0.717) is 91.9 Å². The number of β-amino-alcohol motifs (C(OH)–C–C–N with tert-alkyl or cyclic N) is 1. The van der Waals surface area contributed by atoms with Crippen molar-refractivity contribution in [3.63, 3.8) is 0 Å². The number of hydrogen-bond donors (Lipinski definition) is 6. The molecule has 3 aromatic heterocycles. The van der Waals surface area contributed by atoms with E-state index in [9.17, 15) is 63.5 Å². The first-order chi connectivity index (χ1) is 49.0. The number of aliphatic hydroxyl groups is 1. The second-order valence-corrected chi connectivity index (χ2v) is 34.2. The average Bonchev–Trinajstić information content (AvgIpc) is 1.65. The Morgan fingerprint density at radius 1 is 0.845 bits per heavy atom. The summed E-state index contributed by atoms with van der Waals surface area (Å²) in [5.41, 5.74) is -2.75. The van der Waals surface area contributed by atoms with Crippen LogP contribution in [0.3, 0.4) is 0 Å². The summed E-state index contributed by atoms with van der Waals surface area (Å²) in [6, 6.07) is 27.1. The van der Waals surface area contributed by atoms with Crippen molar-refractivity contribution in [3.8, 4) is 16.2 Å². The number of benzene rings is 5. The van der Waals surface area contributed by atoms with Crippen LogP contribution in [0.1, 0.15) is 89.7 Å². The Morgan fingerprint density at radius 2 is 1.58 bits per heavy atom. The third kappa shape index (κ3) is 17.5. The molecule has 8 aromatic rings. The molecule has 5 aromatic carbocycles. The van der Waals surface area contributed by atoms with Crippen molar-refractivity contribution in [2.45, 2.75) is 123 Å². The minimum atomic E-state index is -6.23. The van der Waals surface area contributed by atoms with Crippen LogP contribution in [-0.2, 0) is 53.8 Å². The number of carbonyl (C=O) groups excluding carboxylic acids is 5.